The molecule has 8 heavy (non-hydrogen) atoms. The summed E-state index contributed by atoms with van der Waals surface area (Å²) in [6, 6.07) is 2.16. The van der Waals surface area contributed by atoms with Crippen LogP contribution in [-0.2, 0) is 6.42 Å². The summed E-state index contributed by atoms with van der Waals surface area (Å²) in [6.45, 7) is 2.17. The largest absolute Gasteiger partial charge is 0.365 e. The van der Waals surface area contributed by atoms with Gasteiger partial charge in [-0.2, -0.15) is 0 Å². The summed E-state index contributed by atoms with van der Waals surface area (Å²) in [5.74, 6) is 0. The van der Waals surface area contributed by atoms with Crippen molar-refractivity contribution in [3.05, 3.63) is 18.0 Å². The van der Waals surface area contributed by atoms with Gasteiger partial charge in [-0.25, -0.2) is 0 Å². The van der Waals surface area contributed by atoms with Crippen molar-refractivity contribution < 1.29 is 0 Å². The molecule has 0 aromatic carbocycles. The van der Waals surface area contributed by atoms with Crippen LogP contribution < -0.4 is 5.19 Å². The number of hydrogen-bond acceptors (Lipinski definition) is 0. The van der Waals surface area contributed by atoms with E-state index in [0.29, 0.717) is 0 Å². The van der Waals surface area contributed by atoms with Gasteiger partial charge in [0.2, 0.25) is 0 Å². The molecule has 2 heteroatoms. The molecule has 0 amide bonds. The van der Waals surface area contributed by atoms with Crippen LogP contribution in [0, 0.1) is 0 Å². The van der Waals surface area contributed by atoms with E-state index in [1.165, 1.54) is 21.1 Å². The Morgan fingerprint density at radius 1 is 1.75 bits per heavy atom. The van der Waals surface area contributed by atoms with Gasteiger partial charge in [-0.1, -0.05) is 12.1 Å². The fraction of sp³-hybridized carbons (Fsp3) is 0.333. The fourth-order valence-electron chi connectivity index (χ4n) is 0.863. The molecule has 1 rings (SSSR count). The first-order valence-electron chi connectivity index (χ1n) is 2.97. The molecule has 0 saturated carbocycles. The molecule has 0 atom stereocenters. The number of rotatable bonds is 1. The Kier molecular flexibility index (Phi) is 1.53. The van der Waals surface area contributed by atoms with E-state index in [1.807, 2.05) is 6.20 Å². The molecule has 0 aliphatic rings. The molecule has 1 N–H and O–H groups in total. The van der Waals surface area contributed by atoms with Crippen LogP contribution in [0.2, 0.25) is 0 Å². The van der Waals surface area contributed by atoms with Crippen LogP contribution in [0.15, 0.2) is 12.3 Å². The minimum atomic E-state index is 1.14. The second-order valence-electron chi connectivity index (χ2n) is 1.99. The lowest BCUT2D eigenvalue weighted by atomic mass is 10.3. The van der Waals surface area contributed by atoms with Crippen LogP contribution in [0.1, 0.15) is 12.6 Å². The van der Waals surface area contributed by atoms with Crippen molar-refractivity contribution in [2.24, 2.45) is 0 Å². The Morgan fingerprint density at radius 3 is 2.75 bits per heavy atom. The van der Waals surface area contributed by atoms with E-state index in [-0.39, 0.29) is 0 Å². The second kappa shape index (κ2) is 2.18. The zero-order chi connectivity index (χ0) is 5.98. The first-order chi connectivity index (χ1) is 3.84. The predicted octanol–water partition coefficient (Wildman–Crippen LogP) is -0.432. The molecule has 0 saturated heterocycles. The van der Waals surface area contributed by atoms with Gasteiger partial charge < -0.3 is 4.98 Å². The molecule has 0 aliphatic heterocycles. The summed E-state index contributed by atoms with van der Waals surface area (Å²) < 4.78 is 0. The molecule has 1 nitrogen and oxygen atoms in total. The summed E-state index contributed by atoms with van der Waals surface area (Å²) in [5.41, 5.74) is 1.41. The Bertz CT molecular complexity index is 169. The van der Waals surface area contributed by atoms with Gasteiger partial charge in [-0.05, 0) is 12.5 Å². The van der Waals surface area contributed by atoms with Crippen LogP contribution in [-0.4, -0.2) is 15.2 Å². The van der Waals surface area contributed by atoms with Crippen LogP contribution >= 0.6 is 0 Å². The number of aromatic amines is 1. The van der Waals surface area contributed by atoms with E-state index in [4.69, 9.17) is 0 Å². The van der Waals surface area contributed by atoms with Crippen LogP contribution in [0.3, 0.4) is 0 Å². The smallest absolute Gasteiger partial charge is 0.0408 e. The molecule has 1 heterocycles. The monoisotopic (exact) mass is 125 g/mol. The predicted molar refractivity (Wildman–Crippen MR) is 39.7 cm³/mol. The number of nitrogens with one attached hydrogen (secondary N) is 1. The zero-order valence-corrected chi connectivity index (χ0v) is 7.36. The lowest BCUT2D eigenvalue weighted by Crippen LogP contribution is -2.04. The van der Waals surface area contributed by atoms with Crippen molar-refractivity contribution in [1.82, 2.24) is 4.98 Å². The quantitative estimate of drug-likeness (QED) is 0.490. The highest BCUT2D eigenvalue weighted by Crippen LogP contribution is 1.88. The first kappa shape index (κ1) is 5.63. The average Bonchev–Trinajstić information content (AvgIpc) is 2.14. The standard InChI is InChI=1S/C6H11NSi/c1-2-5-6(8)3-4-7-5/h3-4,7H,2H2,1,8H3. The molecule has 44 valence electrons. The summed E-state index contributed by atoms with van der Waals surface area (Å²) in [7, 11) is 1.18. The number of aromatic nitrogens is 1. The average molecular weight is 125 g/mol. The maximum atomic E-state index is 3.19. The van der Waals surface area contributed by atoms with Gasteiger partial charge in [0.25, 0.3) is 0 Å². The molecular weight excluding hydrogens is 114 g/mol. The van der Waals surface area contributed by atoms with Gasteiger partial charge in [0.05, 0.1) is 0 Å². The summed E-state index contributed by atoms with van der Waals surface area (Å²) in [5, 5.41) is 1.51. The van der Waals surface area contributed by atoms with Gasteiger partial charge in [0.1, 0.15) is 0 Å². The third-order valence-corrected chi connectivity index (χ3v) is 2.36. The minimum absolute atomic E-state index is 1.14. The van der Waals surface area contributed by atoms with E-state index in [1.54, 1.807) is 0 Å². The van der Waals surface area contributed by atoms with Crippen LogP contribution in [0.25, 0.3) is 0 Å². The normalized spacial score (nSPS) is 10.1. The Labute approximate surface area is 52.5 Å². The summed E-state index contributed by atoms with van der Waals surface area (Å²) in [6.07, 6.45) is 3.16. The molecule has 1 aromatic rings. The third kappa shape index (κ3) is 0.841. The molecule has 0 fully saturated rings. The van der Waals surface area contributed by atoms with Gasteiger partial charge in [-0.15, -0.1) is 0 Å². The minimum Gasteiger partial charge on any atom is -0.365 e. The summed E-state index contributed by atoms with van der Waals surface area (Å²) >= 11 is 0. The Balaban J connectivity index is 2.92. The van der Waals surface area contributed by atoms with E-state index < -0.39 is 0 Å². The molecule has 1 aromatic heterocycles. The van der Waals surface area contributed by atoms with Gasteiger partial charge >= 0.3 is 0 Å². The highest BCUT2D eigenvalue weighted by Gasteiger charge is 1.91. The van der Waals surface area contributed by atoms with E-state index >= 15 is 0 Å². The van der Waals surface area contributed by atoms with Crippen molar-refractivity contribution in [1.29, 1.82) is 0 Å². The maximum absolute atomic E-state index is 3.19. The molecule has 0 aliphatic carbocycles. The molecular formula is C6H11NSi. The first-order valence-corrected chi connectivity index (χ1v) is 3.97. The number of H-pyrrole nitrogens is 1. The summed E-state index contributed by atoms with van der Waals surface area (Å²) in [4.78, 5) is 3.19. The van der Waals surface area contributed by atoms with Crippen molar-refractivity contribution in [2.75, 3.05) is 0 Å². The molecule has 0 radical (unpaired) electrons. The Hall–Kier alpha value is -0.503. The van der Waals surface area contributed by atoms with Gasteiger partial charge in [0, 0.05) is 22.1 Å². The number of aryl methyl sites for hydroxylation is 1. The van der Waals surface area contributed by atoms with Gasteiger partial charge in [-0.3, -0.25) is 0 Å². The van der Waals surface area contributed by atoms with Crippen LogP contribution in [0.4, 0.5) is 0 Å². The lowest BCUT2D eigenvalue weighted by Gasteiger charge is -1.89. The lowest BCUT2D eigenvalue weighted by molar-refractivity contribution is 1.07. The molecule has 0 bridgehead atoms. The molecule has 0 spiro atoms. The fourth-order valence-corrected chi connectivity index (χ4v) is 1.53. The van der Waals surface area contributed by atoms with E-state index in [2.05, 4.69) is 18.0 Å². The van der Waals surface area contributed by atoms with Crippen molar-refractivity contribution in [3.8, 4) is 0 Å². The topological polar surface area (TPSA) is 15.8 Å². The molecule has 0 unspecified atom stereocenters. The zero-order valence-electron chi connectivity index (χ0n) is 5.36. The van der Waals surface area contributed by atoms with Gasteiger partial charge in [0.15, 0.2) is 0 Å². The van der Waals surface area contributed by atoms with Crippen molar-refractivity contribution in [2.45, 2.75) is 13.3 Å². The maximum Gasteiger partial charge on any atom is 0.0408 e. The van der Waals surface area contributed by atoms with E-state index in [0.717, 1.165) is 6.42 Å². The highest BCUT2D eigenvalue weighted by molar-refractivity contribution is 6.33. The third-order valence-electron chi connectivity index (χ3n) is 1.42. The Morgan fingerprint density at radius 2 is 2.50 bits per heavy atom. The highest BCUT2D eigenvalue weighted by atomic mass is 28.1. The number of hydrogen-bond donors (Lipinski definition) is 1. The second-order valence-corrected chi connectivity index (χ2v) is 3.07. The van der Waals surface area contributed by atoms with Crippen LogP contribution in [0.5, 0.6) is 0 Å². The van der Waals surface area contributed by atoms with Crippen molar-refractivity contribution in [3.63, 3.8) is 0 Å². The van der Waals surface area contributed by atoms with Crippen molar-refractivity contribution >= 4 is 15.4 Å². The van der Waals surface area contributed by atoms with E-state index in [9.17, 15) is 0 Å². The SMILES string of the molecule is CCc1[nH]ccc1[SiH3].